The van der Waals surface area contributed by atoms with Crippen LogP contribution in [0.5, 0.6) is 0 Å². The molecule has 0 bridgehead atoms. The molecule has 0 saturated carbocycles. The summed E-state index contributed by atoms with van der Waals surface area (Å²) in [5.41, 5.74) is 7.50. The summed E-state index contributed by atoms with van der Waals surface area (Å²) in [4.78, 5) is 0. The van der Waals surface area contributed by atoms with Gasteiger partial charge in [-0.1, -0.05) is 31.6 Å². The van der Waals surface area contributed by atoms with Gasteiger partial charge in [0.1, 0.15) is 0 Å². The first-order valence-electron chi connectivity index (χ1n) is 8.77. The predicted molar refractivity (Wildman–Crippen MR) is 106 cm³/mol. The lowest BCUT2D eigenvalue weighted by molar-refractivity contribution is -0.137. The van der Waals surface area contributed by atoms with Crippen LogP contribution < -0.4 is 11.1 Å². The fraction of sp³-hybridized carbons (Fsp3) is 0.429. The Balaban J connectivity index is 0.00000110. The smallest absolute Gasteiger partial charge is 0.361 e. The van der Waals surface area contributed by atoms with Crippen molar-refractivity contribution in [2.24, 2.45) is 5.73 Å². The van der Waals surface area contributed by atoms with Gasteiger partial charge in [-0.2, -0.15) is 13.2 Å². The van der Waals surface area contributed by atoms with Gasteiger partial charge in [-0.3, -0.25) is 0 Å². The molecule has 0 amide bonds. The summed E-state index contributed by atoms with van der Waals surface area (Å²) in [7, 11) is 0. The molecule has 5 heteroatoms. The van der Waals surface area contributed by atoms with E-state index in [-0.39, 0.29) is 0 Å². The Bertz CT molecular complexity index is 625. The third-order valence-electron chi connectivity index (χ3n) is 3.58. The molecular weight excluding hydrogens is 337 g/mol. The molecule has 0 aliphatic rings. The molecular formula is C21H31F3N2. The monoisotopic (exact) mass is 368 g/mol. The van der Waals surface area contributed by atoms with Gasteiger partial charge in [0.15, 0.2) is 0 Å². The van der Waals surface area contributed by atoms with Crippen molar-refractivity contribution in [1.82, 2.24) is 0 Å². The van der Waals surface area contributed by atoms with Gasteiger partial charge in [0.2, 0.25) is 0 Å². The zero-order valence-corrected chi connectivity index (χ0v) is 16.4. The summed E-state index contributed by atoms with van der Waals surface area (Å²) < 4.78 is 38.3. The van der Waals surface area contributed by atoms with E-state index in [1.54, 1.807) is 19.2 Å². The lowest BCUT2D eigenvalue weighted by Crippen LogP contribution is -2.06. The van der Waals surface area contributed by atoms with Crippen molar-refractivity contribution < 1.29 is 13.2 Å². The van der Waals surface area contributed by atoms with Crippen molar-refractivity contribution in [2.45, 2.75) is 53.6 Å². The topological polar surface area (TPSA) is 38.0 Å². The van der Waals surface area contributed by atoms with Crippen LogP contribution in [0.25, 0.3) is 0 Å². The maximum Gasteiger partial charge on any atom is 0.416 e. The quantitative estimate of drug-likeness (QED) is 0.555. The molecule has 0 fully saturated rings. The van der Waals surface area contributed by atoms with E-state index in [0.717, 1.165) is 29.8 Å². The second kappa shape index (κ2) is 12.4. The first kappa shape index (κ1) is 24.0. The summed E-state index contributed by atoms with van der Waals surface area (Å²) in [5, 5.41) is 2.93. The summed E-state index contributed by atoms with van der Waals surface area (Å²) in [6, 6.07) is 3.94. The molecule has 0 atom stereocenters. The fourth-order valence-electron chi connectivity index (χ4n) is 1.91. The highest BCUT2D eigenvalue weighted by Gasteiger charge is 2.30. The molecule has 0 aromatic heterocycles. The molecule has 0 unspecified atom stereocenters. The lowest BCUT2D eigenvalue weighted by Gasteiger charge is -2.11. The molecule has 0 radical (unpaired) electrons. The van der Waals surface area contributed by atoms with Gasteiger partial charge in [0, 0.05) is 11.9 Å². The Morgan fingerprint density at radius 1 is 1.15 bits per heavy atom. The standard InChI is InChI=1S/C17H20F3N.C4H11N/c1-5-6-7-13(3)14(4)11-21-16-9-12(2)8-15(10-16)17(18,19)20;1-2-3-4-5/h5-11,21H,1-4H3;2-5H2,1H3/b6-5+,13-7-,14-11-;. The van der Waals surface area contributed by atoms with Gasteiger partial charge in [-0.15, -0.1) is 0 Å². The van der Waals surface area contributed by atoms with Crippen LogP contribution in [0.1, 0.15) is 51.7 Å². The highest BCUT2D eigenvalue weighted by Crippen LogP contribution is 2.31. The number of rotatable bonds is 6. The number of nitrogens with one attached hydrogen (secondary N) is 1. The van der Waals surface area contributed by atoms with Crippen LogP contribution in [-0.2, 0) is 6.18 Å². The van der Waals surface area contributed by atoms with E-state index in [4.69, 9.17) is 5.73 Å². The van der Waals surface area contributed by atoms with E-state index in [1.807, 2.05) is 39.0 Å². The Kier molecular flexibility index (Phi) is 11.4. The minimum atomic E-state index is -4.33. The molecule has 0 spiro atoms. The van der Waals surface area contributed by atoms with Crippen LogP contribution in [-0.4, -0.2) is 6.54 Å². The van der Waals surface area contributed by atoms with E-state index < -0.39 is 11.7 Å². The summed E-state index contributed by atoms with van der Waals surface area (Å²) in [5.74, 6) is 0. The maximum atomic E-state index is 12.8. The molecule has 1 rings (SSSR count). The van der Waals surface area contributed by atoms with Crippen LogP contribution in [0.4, 0.5) is 18.9 Å². The number of hydrogen-bond donors (Lipinski definition) is 2. The number of aryl methyl sites for hydroxylation is 1. The third kappa shape index (κ3) is 10.1. The number of benzene rings is 1. The first-order valence-corrected chi connectivity index (χ1v) is 8.77. The zero-order chi connectivity index (χ0) is 20.2. The summed E-state index contributed by atoms with van der Waals surface area (Å²) in [6.45, 7) is 10.4. The Morgan fingerprint density at radius 2 is 1.81 bits per heavy atom. The molecule has 1 aromatic rings. The van der Waals surface area contributed by atoms with Gasteiger partial charge in [-0.25, -0.2) is 0 Å². The maximum absolute atomic E-state index is 12.8. The first-order chi connectivity index (χ1) is 12.1. The summed E-state index contributed by atoms with van der Waals surface area (Å²) in [6.07, 6.45) is 5.55. The number of anilines is 1. The van der Waals surface area contributed by atoms with E-state index in [1.165, 1.54) is 12.8 Å². The van der Waals surface area contributed by atoms with Gasteiger partial charge < -0.3 is 11.1 Å². The van der Waals surface area contributed by atoms with Crippen LogP contribution in [0, 0.1) is 6.92 Å². The second-order valence-electron chi connectivity index (χ2n) is 6.07. The van der Waals surface area contributed by atoms with Gasteiger partial charge in [-0.05, 0) is 75.6 Å². The van der Waals surface area contributed by atoms with E-state index in [0.29, 0.717) is 11.3 Å². The van der Waals surface area contributed by atoms with Crippen molar-refractivity contribution in [3.8, 4) is 0 Å². The number of nitrogens with two attached hydrogens (primary N) is 1. The van der Waals surface area contributed by atoms with E-state index >= 15 is 0 Å². The fourth-order valence-corrected chi connectivity index (χ4v) is 1.91. The Morgan fingerprint density at radius 3 is 2.27 bits per heavy atom. The molecule has 26 heavy (non-hydrogen) atoms. The molecule has 1 aromatic carbocycles. The van der Waals surface area contributed by atoms with Gasteiger partial charge in [0.05, 0.1) is 5.56 Å². The van der Waals surface area contributed by atoms with Crippen molar-refractivity contribution in [3.63, 3.8) is 0 Å². The van der Waals surface area contributed by atoms with E-state index in [2.05, 4.69) is 12.2 Å². The Labute approximate surface area is 155 Å². The number of alkyl halides is 3. The molecule has 0 saturated heterocycles. The highest BCUT2D eigenvalue weighted by atomic mass is 19.4. The number of allylic oxidation sites excluding steroid dienone is 5. The van der Waals surface area contributed by atoms with Crippen LogP contribution in [0.15, 0.2) is 53.8 Å². The number of hydrogen-bond acceptors (Lipinski definition) is 2. The molecule has 0 aliphatic heterocycles. The van der Waals surface area contributed by atoms with Gasteiger partial charge in [0.25, 0.3) is 0 Å². The minimum Gasteiger partial charge on any atom is -0.361 e. The van der Waals surface area contributed by atoms with Crippen LogP contribution in [0.3, 0.4) is 0 Å². The van der Waals surface area contributed by atoms with Crippen LogP contribution in [0.2, 0.25) is 0 Å². The largest absolute Gasteiger partial charge is 0.416 e. The minimum absolute atomic E-state index is 0.431. The summed E-state index contributed by atoms with van der Waals surface area (Å²) >= 11 is 0. The average molecular weight is 368 g/mol. The van der Waals surface area contributed by atoms with Crippen molar-refractivity contribution in [3.05, 3.63) is 64.9 Å². The molecule has 0 heterocycles. The third-order valence-corrected chi connectivity index (χ3v) is 3.58. The van der Waals surface area contributed by atoms with Gasteiger partial charge >= 0.3 is 6.18 Å². The van der Waals surface area contributed by atoms with Crippen LogP contribution >= 0.6 is 0 Å². The molecule has 146 valence electrons. The van der Waals surface area contributed by atoms with Crippen molar-refractivity contribution in [1.29, 1.82) is 0 Å². The SMILES string of the molecule is C/C=C/C=C(C)\C(C)=C/Nc1cc(C)cc(C(F)(F)F)c1.CCCCN. The van der Waals surface area contributed by atoms with Crippen molar-refractivity contribution in [2.75, 3.05) is 11.9 Å². The number of unbranched alkanes of at least 4 members (excludes halogenated alkanes) is 1. The molecule has 0 aliphatic carbocycles. The van der Waals surface area contributed by atoms with Crippen molar-refractivity contribution >= 4 is 5.69 Å². The zero-order valence-electron chi connectivity index (χ0n) is 16.4. The molecule has 2 nitrogen and oxygen atoms in total. The highest BCUT2D eigenvalue weighted by molar-refractivity contribution is 5.52. The predicted octanol–water partition coefficient (Wildman–Crippen LogP) is 6.60. The normalized spacial score (nSPS) is 12.8. The average Bonchev–Trinajstić information content (AvgIpc) is 2.57. The van der Waals surface area contributed by atoms with E-state index in [9.17, 15) is 13.2 Å². The second-order valence-corrected chi connectivity index (χ2v) is 6.07. The number of halogens is 3. The molecule has 3 N–H and O–H groups in total. The Hall–Kier alpha value is -2.01. The lowest BCUT2D eigenvalue weighted by atomic mass is 10.1.